The van der Waals surface area contributed by atoms with Gasteiger partial charge in [-0.25, -0.2) is 0 Å². The van der Waals surface area contributed by atoms with E-state index in [2.05, 4.69) is 11.1 Å². The van der Waals surface area contributed by atoms with Crippen LogP contribution in [0.25, 0.3) is 11.1 Å². The van der Waals surface area contributed by atoms with E-state index in [9.17, 15) is 10.1 Å². The highest BCUT2D eigenvalue weighted by Crippen LogP contribution is 2.31. The Morgan fingerprint density at radius 3 is 2.55 bits per heavy atom. The fourth-order valence-corrected chi connectivity index (χ4v) is 2.93. The van der Waals surface area contributed by atoms with Crippen molar-refractivity contribution in [1.29, 1.82) is 5.26 Å². The molecule has 0 radical (unpaired) electrons. The number of aryl methyl sites for hydroxylation is 2. The first kappa shape index (κ1) is 12.7. The minimum atomic E-state index is -0.260. The number of hydrogen-bond donors (Lipinski definition) is 1. The molecule has 1 aromatic heterocycles. The first-order valence-corrected chi connectivity index (χ1v) is 6.96. The van der Waals surface area contributed by atoms with Gasteiger partial charge in [0.25, 0.3) is 5.56 Å². The van der Waals surface area contributed by atoms with Gasteiger partial charge in [-0.15, -0.1) is 0 Å². The fourth-order valence-electron chi connectivity index (χ4n) is 2.93. The second kappa shape index (κ2) is 4.97. The zero-order chi connectivity index (χ0) is 14.1. The number of H-pyrrole nitrogens is 1. The van der Waals surface area contributed by atoms with Crippen molar-refractivity contribution in [2.45, 2.75) is 32.6 Å². The summed E-state index contributed by atoms with van der Waals surface area (Å²) in [7, 11) is 0. The zero-order valence-electron chi connectivity index (χ0n) is 11.5. The van der Waals surface area contributed by atoms with Crippen molar-refractivity contribution in [2.24, 2.45) is 0 Å². The lowest BCUT2D eigenvalue weighted by atomic mass is 9.87. The summed E-state index contributed by atoms with van der Waals surface area (Å²) in [5, 5.41) is 9.35. The Hall–Kier alpha value is -2.34. The number of aromatic nitrogens is 1. The molecule has 1 heterocycles. The third kappa shape index (κ3) is 2.04. The van der Waals surface area contributed by atoms with Crippen LogP contribution in [0.5, 0.6) is 0 Å². The number of nitriles is 1. The number of pyridine rings is 1. The second-order valence-corrected chi connectivity index (χ2v) is 5.35. The van der Waals surface area contributed by atoms with Crippen LogP contribution in [0.15, 0.2) is 29.1 Å². The Morgan fingerprint density at radius 2 is 1.85 bits per heavy atom. The van der Waals surface area contributed by atoms with Gasteiger partial charge in [-0.05, 0) is 43.7 Å². The maximum atomic E-state index is 12.1. The van der Waals surface area contributed by atoms with E-state index < -0.39 is 0 Å². The lowest BCUT2D eigenvalue weighted by Crippen LogP contribution is -2.20. The van der Waals surface area contributed by atoms with Crippen molar-refractivity contribution >= 4 is 0 Å². The quantitative estimate of drug-likeness (QED) is 0.860. The molecular formula is C17H16N2O. The third-order valence-electron chi connectivity index (χ3n) is 3.96. The summed E-state index contributed by atoms with van der Waals surface area (Å²) < 4.78 is 0. The summed E-state index contributed by atoms with van der Waals surface area (Å²) in [5.41, 5.74) is 5.12. The Labute approximate surface area is 117 Å². The van der Waals surface area contributed by atoms with Crippen LogP contribution in [0, 0.1) is 18.3 Å². The standard InChI is InChI=1S/C17H16N2O/c1-11-6-8-12(9-7-11)16-13-4-2-3-5-15(13)19-17(20)14(16)10-18/h6-9H,2-5H2,1H3,(H,19,20). The highest BCUT2D eigenvalue weighted by atomic mass is 16.1. The van der Waals surface area contributed by atoms with Gasteiger partial charge in [0.15, 0.2) is 0 Å². The molecule has 1 aliphatic rings. The first-order valence-electron chi connectivity index (χ1n) is 6.96. The molecule has 0 saturated heterocycles. The van der Waals surface area contributed by atoms with Crippen LogP contribution in [-0.4, -0.2) is 4.98 Å². The highest BCUT2D eigenvalue weighted by molar-refractivity contribution is 5.74. The maximum absolute atomic E-state index is 12.1. The molecule has 3 rings (SSSR count). The first-order chi connectivity index (χ1) is 9.70. The molecule has 0 amide bonds. The van der Waals surface area contributed by atoms with Gasteiger partial charge in [-0.3, -0.25) is 4.79 Å². The molecule has 20 heavy (non-hydrogen) atoms. The monoisotopic (exact) mass is 264 g/mol. The number of benzene rings is 1. The number of rotatable bonds is 1. The maximum Gasteiger partial charge on any atom is 0.266 e. The van der Waals surface area contributed by atoms with Crippen molar-refractivity contribution in [1.82, 2.24) is 4.98 Å². The lowest BCUT2D eigenvalue weighted by molar-refractivity contribution is 0.666. The van der Waals surface area contributed by atoms with E-state index in [0.717, 1.165) is 48.1 Å². The van der Waals surface area contributed by atoms with Gasteiger partial charge in [0.05, 0.1) is 0 Å². The SMILES string of the molecule is Cc1ccc(-c2c3c([nH]c(=O)c2C#N)CCCC3)cc1. The zero-order valence-corrected chi connectivity index (χ0v) is 11.5. The molecule has 0 fully saturated rings. The molecule has 0 saturated carbocycles. The Balaban J connectivity index is 2.32. The van der Waals surface area contributed by atoms with E-state index in [1.807, 2.05) is 31.2 Å². The van der Waals surface area contributed by atoms with Gasteiger partial charge < -0.3 is 4.98 Å². The van der Waals surface area contributed by atoms with Gasteiger partial charge in [-0.2, -0.15) is 5.26 Å². The highest BCUT2D eigenvalue weighted by Gasteiger charge is 2.20. The van der Waals surface area contributed by atoms with Crippen molar-refractivity contribution in [3.05, 3.63) is 57.0 Å². The molecule has 3 heteroatoms. The molecule has 1 aromatic carbocycles. The molecule has 0 spiro atoms. The lowest BCUT2D eigenvalue weighted by Gasteiger charge is -2.20. The molecular weight excluding hydrogens is 248 g/mol. The van der Waals surface area contributed by atoms with Gasteiger partial charge in [-0.1, -0.05) is 29.8 Å². The topological polar surface area (TPSA) is 56.6 Å². The minimum absolute atomic E-state index is 0.245. The van der Waals surface area contributed by atoms with Gasteiger partial charge in [0.1, 0.15) is 11.6 Å². The van der Waals surface area contributed by atoms with Crippen molar-refractivity contribution in [2.75, 3.05) is 0 Å². The van der Waals surface area contributed by atoms with Crippen LogP contribution in [0.4, 0.5) is 0 Å². The Morgan fingerprint density at radius 1 is 1.15 bits per heavy atom. The summed E-state index contributed by atoms with van der Waals surface area (Å²) in [5.74, 6) is 0. The predicted molar refractivity (Wildman–Crippen MR) is 78.6 cm³/mol. The van der Waals surface area contributed by atoms with Gasteiger partial charge >= 0.3 is 0 Å². The molecule has 0 bridgehead atoms. The number of aromatic amines is 1. The number of nitrogens with zero attached hydrogens (tertiary/aromatic N) is 1. The van der Waals surface area contributed by atoms with E-state index in [0.29, 0.717) is 0 Å². The number of nitrogens with one attached hydrogen (secondary N) is 1. The van der Waals surface area contributed by atoms with Crippen LogP contribution in [0.1, 0.15) is 35.2 Å². The van der Waals surface area contributed by atoms with E-state index in [-0.39, 0.29) is 11.1 Å². The Bertz CT molecular complexity index is 748. The van der Waals surface area contributed by atoms with Crippen LogP contribution in [-0.2, 0) is 12.8 Å². The molecule has 0 aliphatic heterocycles. The largest absolute Gasteiger partial charge is 0.325 e. The predicted octanol–water partition coefficient (Wildman–Crippen LogP) is 3.10. The molecule has 0 atom stereocenters. The summed E-state index contributed by atoms with van der Waals surface area (Å²) in [6, 6.07) is 10.1. The van der Waals surface area contributed by atoms with Gasteiger partial charge in [0.2, 0.25) is 0 Å². The second-order valence-electron chi connectivity index (χ2n) is 5.35. The summed E-state index contributed by atoms with van der Waals surface area (Å²) in [6.07, 6.45) is 4.05. The fraction of sp³-hybridized carbons (Fsp3) is 0.294. The van der Waals surface area contributed by atoms with Crippen molar-refractivity contribution in [3.63, 3.8) is 0 Å². The van der Waals surface area contributed by atoms with Crippen LogP contribution < -0.4 is 5.56 Å². The van der Waals surface area contributed by atoms with Gasteiger partial charge in [0, 0.05) is 11.3 Å². The van der Waals surface area contributed by atoms with E-state index in [1.165, 1.54) is 5.56 Å². The molecule has 100 valence electrons. The summed E-state index contributed by atoms with van der Waals surface area (Å²) in [4.78, 5) is 15.0. The Kier molecular flexibility index (Phi) is 3.15. The van der Waals surface area contributed by atoms with E-state index in [4.69, 9.17) is 0 Å². The van der Waals surface area contributed by atoms with E-state index in [1.54, 1.807) is 0 Å². The summed E-state index contributed by atoms with van der Waals surface area (Å²) in [6.45, 7) is 2.03. The average molecular weight is 264 g/mol. The molecule has 1 aliphatic carbocycles. The normalized spacial score (nSPS) is 13.6. The smallest absolute Gasteiger partial charge is 0.266 e. The van der Waals surface area contributed by atoms with Crippen LogP contribution in [0.3, 0.4) is 0 Å². The molecule has 2 aromatic rings. The number of hydrogen-bond acceptors (Lipinski definition) is 2. The summed E-state index contributed by atoms with van der Waals surface area (Å²) >= 11 is 0. The molecule has 0 unspecified atom stereocenters. The number of fused-ring (bicyclic) bond motifs is 1. The third-order valence-corrected chi connectivity index (χ3v) is 3.96. The van der Waals surface area contributed by atoms with E-state index >= 15 is 0 Å². The average Bonchev–Trinajstić information content (AvgIpc) is 2.47. The molecule has 1 N–H and O–H groups in total. The molecule has 3 nitrogen and oxygen atoms in total. The van der Waals surface area contributed by atoms with Crippen LogP contribution in [0.2, 0.25) is 0 Å². The van der Waals surface area contributed by atoms with Crippen LogP contribution >= 0.6 is 0 Å². The minimum Gasteiger partial charge on any atom is -0.325 e. The van der Waals surface area contributed by atoms with Crippen molar-refractivity contribution < 1.29 is 0 Å². The van der Waals surface area contributed by atoms with Crippen molar-refractivity contribution in [3.8, 4) is 17.2 Å².